The average molecular weight is 542 g/mol. The van der Waals surface area contributed by atoms with Crippen LogP contribution in [0, 0.1) is 0 Å². The van der Waals surface area contributed by atoms with Crippen LogP contribution in [0.15, 0.2) is 0 Å². The van der Waals surface area contributed by atoms with E-state index in [1.54, 1.807) is 0 Å². The highest BCUT2D eigenvalue weighted by Gasteiger charge is 2.65. The van der Waals surface area contributed by atoms with Gasteiger partial charge in [0.1, 0.15) is 6.10 Å². The first-order chi connectivity index (χ1) is 18.4. The smallest absolute Gasteiger partial charge is 0.340 e. The van der Waals surface area contributed by atoms with Crippen LogP contribution in [0.2, 0.25) is 0 Å². The Morgan fingerprint density at radius 3 is 1.47 bits per heavy atom. The minimum absolute atomic E-state index is 0.365. The van der Waals surface area contributed by atoms with Gasteiger partial charge in [-0.15, -0.1) is 0 Å². The first-order valence-corrected chi connectivity index (χ1v) is 15.8. The third kappa shape index (κ3) is 10.7. The summed E-state index contributed by atoms with van der Waals surface area (Å²) in [6, 6.07) is 1.58. The van der Waals surface area contributed by atoms with Crippen LogP contribution in [0.1, 0.15) is 117 Å². The molecule has 4 N–H and O–H groups in total. The number of carbonyl (C=O) groups is 1. The van der Waals surface area contributed by atoms with E-state index in [-0.39, 0.29) is 13.2 Å². The minimum atomic E-state index is -0.954. The van der Waals surface area contributed by atoms with Crippen molar-refractivity contribution in [3.63, 3.8) is 0 Å². The van der Waals surface area contributed by atoms with Gasteiger partial charge < -0.3 is 20.4 Å². The van der Waals surface area contributed by atoms with Crippen LogP contribution >= 0.6 is 0 Å². The lowest BCUT2D eigenvalue weighted by Crippen LogP contribution is -2.59. The van der Waals surface area contributed by atoms with E-state index in [0.29, 0.717) is 24.7 Å². The van der Waals surface area contributed by atoms with Crippen molar-refractivity contribution in [2.75, 3.05) is 39.4 Å². The summed E-state index contributed by atoms with van der Waals surface area (Å²) in [7, 11) is 0. The van der Waals surface area contributed by atoms with Crippen molar-refractivity contribution < 1.29 is 25.2 Å². The SMILES string of the molecule is CCCCCCC1CN1CC(C(=O)O)(N1CC1CCCCCC)N1CC1CCCCCC.OCC(O)CO. The fourth-order valence-corrected chi connectivity index (χ4v) is 5.87. The van der Waals surface area contributed by atoms with Gasteiger partial charge in [0.15, 0.2) is 5.66 Å². The summed E-state index contributed by atoms with van der Waals surface area (Å²) in [6.45, 7) is 9.80. The van der Waals surface area contributed by atoms with E-state index >= 15 is 0 Å². The largest absolute Gasteiger partial charge is 0.479 e. The van der Waals surface area contributed by atoms with E-state index in [9.17, 15) is 9.90 Å². The maximum atomic E-state index is 12.9. The first-order valence-electron chi connectivity index (χ1n) is 15.8. The molecule has 0 amide bonds. The molecule has 0 saturated carbocycles. The van der Waals surface area contributed by atoms with Gasteiger partial charge in [0.05, 0.1) is 13.2 Å². The van der Waals surface area contributed by atoms with Crippen molar-refractivity contribution in [2.45, 2.75) is 147 Å². The highest BCUT2D eigenvalue weighted by molar-refractivity contribution is 5.80. The van der Waals surface area contributed by atoms with Crippen molar-refractivity contribution in [2.24, 2.45) is 0 Å². The Balaban J connectivity index is 0.000000757. The average Bonchev–Trinajstić information content (AvgIpc) is 3.81. The second-order valence-electron chi connectivity index (χ2n) is 11.9. The molecule has 0 aromatic rings. The molecule has 6 atom stereocenters. The number of carboxylic acid groups (broad SMARTS) is 1. The number of aliphatic carboxylic acids is 1. The molecular formula is C30H59N3O5. The topological polar surface area (TPSA) is 107 Å². The number of nitrogens with zero attached hydrogens (tertiary/aromatic N) is 3. The lowest BCUT2D eigenvalue weighted by atomic mass is 10.1. The number of aliphatic hydroxyl groups is 3. The molecule has 6 unspecified atom stereocenters. The maximum absolute atomic E-state index is 12.9. The second kappa shape index (κ2) is 17.8. The molecule has 3 heterocycles. The van der Waals surface area contributed by atoms with Crippen molar-refractivity contribution >= 4 is 5.97 Å². The van der Waals surface area contributed by atoms with Gasteiger partial charge in [-0.1, -0.05) is 97.8 Å². The van der Waals surface area contributed by atoms with Gasteiger partial charge in [-0.05, 0) is 19.3 Å². The zero-order valence-corrected chi connectivity index (χ0v) is 24.7. The van der Waals surface area contributed by atoms with Crippen LogP contribution in [0.5, 0.6) is 0 Å². The molecule has 0 spiro atoms. The molecule has 0 bridgehead atoms. The van der Waals surface area contributed by atoms with E-state index < -0.39 is 17.7 Å². The molecule has 3 aliphatic rings. The molecule has 0 aromatic carbocycles. The van der Waals surface area contributed by atoms with Crippen molar-refractivity contribution in [1.82, 2.24) is 14.7 Å². The zero-order chi connectivity index (χ0) is 28.0. The third-order valence-electron chi connectivity index (χ3n) is 8.57. The van der Waals surface area contributed by atoms with Crippen LogP contribution in [0.25, 0.3) is 0 Å². The summed E-state index contributed by atoms with van der Waals surface area (Å²) in [5.41, 5.74) is -0.775. The summed E-state index contributed by atoms with van der Waals surface area (Å²) in [6.07, 6.45) is 18.0. The van der Waals surface area contributed by atoms with Crippen LogP contribution in [0.4, 0.5) is 0 Å². The van der Waals surface area contributed by atoms with Gasteiger partial charge in [-0.25, -0.2) is 4.79 Å². The standard InChI is InChI=1S/C27H51N3O2.C3H8O3/c1-4-7-10-13-16-23-19-28(23)22-27(26(31)32,29-20-24(29)17-14-11-8-5-2)30-21-25(30)18-15-12-9-6-3;4-1-3(6)2-5/h23-25H,4-22H2,1-3H3,(H,31,32);3-6H,1-2H2. The van der Waals surface area contributed by atoms with E-state index in [1.807, 2.05) is 0 Å². The lowest BCUT2D eigenvalue weighted by molar-refractivity contribution is -0.156. The van der Waals surface area contributed by atoms with Crippen LogP contribution in [-0.2, 0) is 4.79 Å². The molecule has 224 valence electrons. The highest BCUT2D eigenvalue weighted by atomic mass is 16.4. The molecule has 3 aliphatic heterocycles. The summed E-state index contributed by atoms with van der Waals surface area (Å²) in [5, 5.41) is 34.6. The van der Waals surface area contributed by atoms with Gasteiger partial charge >= 0.3 is 5.97 Å². The Morgan fingerprint density at radius 1 is 0.711 bits per heavy atom. The second-order valence-corrected chi connectivity index (χ2v) is 11.9. The van der Waals surface area contributed by atoms with Gasteiger partial charge in [0.2, 0.25) is 0 Å². The van der Waals surface area contributed by atoms with Crippen molar-refractivity contribution in [3.8, 4) is 0 Å². The maximum Gasteiger partial charge on any atom is 0.340 e. The number of unbranched alkanes of at least 4 members (excludes halogenated alkanes) is 9. The number of carboxylic acids is 1. The minimum Gasteiger partial charge on any atom is -0.479 e. The molecule has 38 heavy (non-hydrogen) atoms. The van der Waals surface area contributed by atoms with E-state index in [2.05, 4.69) is 35.5 Å². The van der Waals surface area contributed by atoms with Gasteiger partial charge in [0.25, 0.3) is 0 Å². The highest BCUT2D eigenvalue weighted by Crippen LogP contribution is 2.45. The molecule has 0 aliphatic carbocycles. The summed E-state index contributed by atoms with van der Waals surface area (Å²) in [5.74, 6) is -0.596. The predicted molar refractivity (Wildman–Crippen MR) is 153 cm³/mol. The molecule has 3 fully saturated rings. The van der Waals surface area contributed by atoms with Crippen LogP contribution in [0.3, 0.4) is 0 Å². The zero-order valence-electron chi connectivity index (χ0n) is 24.7. The van der Waals surface area contributed by atoms with E-state index in [4.69, 9.17) is 15.3 Å². The Kier molecular flexibility index (Phi) is 15.7. The van der Waals surface area contributed by atoms with Gasteiger partial charge in [0, 0.05) is 44.3 Å². The monoisotopic (exact) mass is 541 g/mol. The van der Waals surface area contributed by atoms with Crippen LogP contribution in [-0.4, -0.2) is 110 Å². The van der Waals surface area contributed by atoms with Crippen molar-refractivity contribution in [1.29, 1.82) is 0 Å². The van der Waals surface area contributed by atoms with Gasteiger partial charge in [-0.2, -0.15) is 0 Å². The number of hydrogen-bond acceptors (Lipinski definition) is 7. The molecule has 3 saturated heterocycles. The third-order valence-corrected chi connectivity index (χ3v) is 8.57. The quantitative estimate of drug-likeness (QED) is 0.120. The Labute approximate surface area is 232 Å². The number of rotatable bonds is 22. The van der Waals surface area contributed by atoms with Crippen molar-refractivity contribution in [3.05, 3.63) is 0 Å². The summed E-state index contributed by atoms with van der Waals surface area (Å²) >= 11 is 0. The molecule has 3 rings (SSSR count). The van der Waals surface area contributed by atoms with Crippen LogP contribution < -0.4 is 0 Å². The Hall–Kier alpha value is -0.770. The fraction of sp³-hybridized carbons (Fsp3) is 0.967. The normalized spacial score (nSPS) is 28.9. The Bertz CT molecular complexity index is 621. The molecule has 0 radical (unpaired) electrons. The lowest BCUT2D eigenvalue weighted by Gasteiger charge is -2.35. The number of aliphatic hydroxyl groups excluding tert-OH is 3. The number of hydrogen-bond donors (Lipinski definition) is 4. The molecule has 0 aromatic heterocycles. The van der Waals surface area contributed by atoms with E-state index in [0.717, 1.165) is 19.6 Å². The molecule has 8 heteroatoms. The van der Waals surface area contributed by atoms with E-state index in [1.165, 1.54) is 96.3 Å². The molecular weight excluding hydrogens is 482 g/mol. The summed E-state index contributed by atoms with van der Waals surface area (Å²) < 4.78 is 0. The fourth-order valence-electron chi connectivity index (χ4n) is 5.87. The first kappa shape index (κ1) is 33.4. The Morgan fingerprint density at radius 2 is 1.13 bits per heavy atom. The summed E-state index contributed by atoms with van der Waals surface area (Å²) in [4.78, 5) is 20.1. The predicted octanol–water partition coefficient (Wildman–Crippen LogP) is 4.06. The van der Waals surface area contributed by atoms with Gasteiger partial charge in [-0.3, -0.25) is 14.7 Å². The molecule has 8 nitrogen and oxygen atoms in total.